The van der Waals surface area contributed by atoms with Gasteiger partial charge in [0.1, 0.15) is 0 Å². The van der Waals surface area contributed by atoms with Crippen molar-refractivity contribution >= 4 is 10.0 Å². The van der Waals surface area contributed by atoms with Crippen LogP contribution in [0.2, 0.25) is 0 Å². The van der Waals surface area contributed by atoms with Gasteiger partial charge in [-0.05, 0) is 25.0 Å². The molecular weight excluding hydrogens is 288 g/mol. The summed E-state index contributed by atoms with van der Waals surface area (Å²) in [7, 11) is -3.64. The van der Waals surface area contributed by atoms with Gasteiger partial charge >= 0.3 is 0 Å². The number of benzene rings is 1. The first kappa shape index (κ1) is 15.2. The molecular formula is C13H17F2NO3S. The molecule has 0 radical (unpaired) electrons. The van der Waals surface area contributed by atoms with E-state index in [-0.39, 0.29) is 18.1 Å². The Hall–Kier alpha value is -1.21. The maximum atomic E-state index is 13.5. The largest absolute Gasteiger partial charge is 0.490 e. The van der Waals surface area contributed by atoms with E-state index < -0.39 is 27.1 Å². The normalized spacial score (nSPS) is 18.1. The zero-order valence-electron chi connectivity index (χ0n) is 10.9. The maximum absolute atomic E-state index is 13.5. The van der Waals surface area contributed by atoms with Crippen LogP contribution >= 0.6 is 0 Å². The van der Waals surface area contributed by atoms with E-state index in [0.717, 1.165) is 18.9 Å². The number of nitrogens with two attached hydrogens (primary N) is 1. The molecule has 0 heterocycles. The topological polar surface area (TPSA) is 69.4 Å². The summed E-state index contributed by atoms with van der Waals surface area (Å²) in [6, 6.07) is 3.66. The highest BCUT2D eigenvalue weighted by atomic mass is 32.2. The van der Waals surface area contributed by atoms with Crippen LogP contribution < -0.4 is 9.88 Å². The van der Waals surface area contributed by atoms with Crippen LogP contribution in [-0.2, 0) is 10.0 Å². The monoisotopic (exact) mass is 305 g/mol. The van der Waals surface area contributed by atoms with Crippen LogP contribution in [0.25, 0.3) is 0 Å². The third-order valence-electron chi connectivity index (χ3n) is 3.62. The minimum absolute atomic E-state index is 0.0177. The molecule has 0 aromatic heterocycles. The average Bonchev–Trinajstić information content (AvgIpc) is 2.78. The molecule has 0 atom stereocenters. The number of halogens is 2. The first-order valence-corrected chi connectivity index (χ1v) is 8.10. The molecule has 0 unspecified atom stereocenters. The fraction of sp³-hybridized carbons (Fsp3) is 0.538. The van der Waals surface area contributed by atoms with Crippen LogP contribution in [0.15, 0.2) is 18.2 Å². The van der Waals surface area contributed by atoms with Gasteiger partial charge in [0.15, 0.2) is 11.6 Å². The Bertz CT molecular complexity index is 583. The number of hydrogen-bond donors (Lipinski definition) is 1. The summed E-state index contributed by atoms with van der Waals surface area (Å²) in [6.45, 7) is 0.0177. The van der Waals surface area contributed by atoms with E-state index in [1.165, 1.54) is 12.1 Å². The standard InChI is InChI=1S/C13H17F2NO3S/c14-10-4-3-5-11(12(10)15)19-8-13(6-1-2-7-13)9-20(16,17)18/h3-5H,1-2,6-9H2,(H2,16,17,18). The second-order valence-electron chi connectivity index (χ2n) is 5.35. The first-order valence-electron chi connectivity index (χ1n) is 6.39. The SMILES string of the molecule is NS(=O)(=O)CC1(COc2cccc(F)c2F)CCCC1. The fourth-order valence-electron chi connectivity index (χ4n) is 2.71. The Morgan fingerprint density at radius 3 is 2.50 bits per heavy atom. The van der Waals surface area contributed by atoms with E-state index in [1.807, 2.05) is 0 Å². The van der Waals surface area contributed by atoms with Crippen molar-refractivity contribution in [1.82, 2.24) is 0 Å². The van der Waals surface area contributed by atoms with Gasteiger partial charge in [-0.15, -0.1) is 0 Å². The van der Waals surface area contributed by atoms with Gasteiger partial charge in [0.25, 0.3) is 0 Å². The molecule has 1 fully saturated rings. The Balaban J connectivity index is 2.12. The van der Waals surface area contributed by atoms with Crippen LogP contribution in [-0.4, -0.2) is 20.8 Å². The summed E-state index contributed by atoms with van der Waals surface area (Å²) >= 11 is 0. The minimum Gasteiger partial charge on any atom is -0.490 e. The third kappa shape index (κ3) is 3.67. The minimum atomic E-state index is -3.64. The predicted molar refractivity (Wildman–Crippen MR) is 70.7 cm³/mol. The van der Waals surface area contributed by atoms with Crippen molar-refractivity contribution in [1.29, 1.82) is 0 Å². The zero-order chi connectivity index (χ0) is 14.8. The molecule has 0 amide bonds. The molecule has 1 aliphatic carbocycles. The molecule has 20 heavy (non-hydrogen) atoms. The zero-order valence-corrected chi connectivity index (χ0v) is 11.8. The quantitative estimate of drug-likeness (QED) is 0.906. The summed E-state index contributed by atoms with van der Waals surface area (Å²) in [5.74, 6) is -2.45. The molecule has 1 aliphatic rings. The van der Waals surface area contributed by atoms with Gasteiger partial charge in [0.05, 0.1) is 12.4 Å². The summed E-state index contributed by atoms with van der Waals surface area (Å²) in [4.78, 5) is 0. The maximum Gasteiger partial charge on any atom is 0.209 e. The summed E-state index contributed by atoms with van der Waals surface area (Å²) in [5.41, 5.74) is -0.605. The van der Waals surface area contributed by atoms with E-state index in [4.69, 9.17) is 9.88 Å². The molecule has 1 aromatic rings. The van der Waals surface area contributed by atoms with Crippen molar-refractivity contribution in [3.8, 4) is 5.75 Å². The van der Waals surface area contributed by atoms with Gasteiger partial charge in [0, 0.05) is 5.41 Å². The van der Waals surface area contributed by atoms with Gasteiger partial charge < -0.3 is 4.74 Å². The molecule has 7 heteroatoms. The number of ether oxygens (including phenoxy) is 1. The van der Waals surface area contributed by atoms with Crippen molar-refractivity contribution in [2.75, 3.05) is 12.4 Å². The third-order valence-corrected chi connectivity index (χ3v) is 4.64. The number of rotatable bonds is 5. The van der Waals surface area contributed by atoms with Crippen molar-refractivity contribution in [3.05, 3.63) is 29.8 Å². The van der Waals surface area contributed by atoms with Gasteiger partial charge in [0.2, 0.25) is 15.8 Å². The molecule has 112 valence electrons. The van der Waals surface area contributed by atoms with Crippen LogP contribution in [0.3, 0.4) is 0 Å². The van der Waals surface area contributed by atoms with Gasteiger partial charge in [-0.3, -0.25) is 0 Å². The van der Waals surface area contributed by atoms with Gasteiger partial charge in [-0.2, -0.15) is 4.39 Å². The lowest BCUT2D eigenvalue weighted by molar-refractivity contribution is 0.164. The number of primary sulfonamides is 1. The summed E-state index contributed by atoms with van der Waals surface area (Å²) in [5, 5.41) is 5.11. The Labute approximate surface area is 117 Å². The first-order chi connectivity index (χ1) is 9.31. The smallest absolute Gasteiger partial charge is 0.209 e. The molecule has 2 N–H and O–H groups in total. The van der Waals surface area contributed by atoms with Crippen LogP contribution in [0, 0.1) is 17.0 Å². The molecule has 1 saturated carbocycles. The van der Waals surface area contributed by atoms with Crippen molar-refractivity contribution in [3.63, 3.8) is 0 Å². The van der Waals surface area contributed by atoms with Gasteiger partial charge in [-0.1, -0.05) is 18.9 Å². The molecule has 2 rings (SSSR count). The number of sulfonamides is 1. The highest BCUT2D eigenvalue weighted by molar-refractivity contribution is 7.89. The van der Waals surface area contributed by atoms with Crippen molar-refractivity contribution < 1.29 is 21.9 Å². The van der Waals surface area contributed by atoms with E-state index in [0.29, 0.717) is 12.8 Å². The Kier molecular flexibility index (Phi) is 4.29. The van der Waals surface area contributed by atoms with E-state index in [9.17, 15) is 17.2 Å². The van der Waals surface area contributed by atoms with Gasteiger partial charge in [-0.25, -0.2) is 17.9 Å². The molecule has 1 aromatic carbocycles. The van der Waals surface area contributed by atoms with E-state index in [2.05, 4.69) is 0 Å². The lowest BCUT2D eigenvalue weighted by Crippen LogP contribution is -2.36. The lowest BCUT2D eigenvalue weighted by Gasteiger charge is -2.27. The second-order valence-corrected chi connectivity index (χ2v) is 6.97. The highest BCUT2D eigenvalue weighted by Crippen LogP contribution is 2.39. The fourth-order valence-corrected chi connectivity index (χ4v) is 3.93. The average molecular weight is 305 g/mol. The molecule has 0 bridgehead atoms. The molecule has 0 saturated heterocycles. The Morgan fingerprint density at radius 1 is 1.25 bits per heavy atom. The summed E-state index contributed by atoms with van der Waals surface area (Å²) in [6.07, 6.45) is 3.07. The van der Waals surface area contributed by atoms with Crippen molar-refractivity contribution in [2.45, 2.75) is 25.7 Å². The van der Waals surface area contributed by atoms with Crippen LogP contribution in [0.5, 0.6) is 5.75 Å². The van der Waals surface area contributed by atoms with Crippen LogP contribution in [0.4, 0.5) is 8.78 Å². The molecule has 4 nitrogen and oxygen atoms in total. The summed E-state index contributed by atoms with van der Waals surface area (Å²) < 4.78 is 54.5. The van der Waals surface area contributed by atoms with Crippen molar-refractivity contribution in [2.24, 2.45) is 10.6 Å². The Morgan fingerprint density at radius 2 is 1.90 bits per heavy atom. The lowest BCUT2D eigenvalue weighted by atomic mass is 9.90. The van der Waals surface area contributed by atoms with E-state index >= 15 is 0 Å². The molecule has 0 spiro atoms. The predicted octanol–water partition coefficient (Wildman–Crippen LogP) is 2.19. The second kappa shape index (κ2) is 5.65. The highest BCUT2D eigenvalue weighted by Gasteiger charge is 2.38. The number of hydrogen-bond acceptors (Lipinski definition) is 3. The molecule has 0 aliphatic heterocycles. The van der Waals surface area contributed by atoms with E-state index in [1.54, 1.807) is 0 Å². The van der Waals surface area contributed by atoms with Crippen LogP contribution in [0.1, 0.15) is 25.7 Å².